The van der Waals surface area contributed by atoms with E-state index < -0.39 is 0 Å². The van der Waals surface area contributed by atoms with Crippen molar-refractivity contribution in [3.8, 4) is 11.5 Å². The van der Waals surface area contributed by atoms with Gasteiger partial charge in [0.2, 0.25) is 0 Å². The average molecular weight is 265 g/mol. The van der Waals surface area contributed by atoms with Crippen LogP contribution in [0.4, 0.5) is 0 Å². The maximum Gasteiger partial charge on any atom is 0.162 e. The molecule has 4 nitrogen and oxygen atoms in total. The normalized spacial score (nSPS) is 11.8. The molecule has 0 fully saturated rings. The number of thiophene rings is 1. The molecule has 0 spiro atoms. The topological polar surface area (TPSA) is 51.0 Å². The van der Waals surface area contributed by atoms with Crippen molar-refractivity contribution in [2.45, 2.75) is 13.3 Å². The predicted octanol–water partition coefficient (Wildman–Crippen LogP) is 3.31. The second-order valence-electron chi connectivity index (χ2n) is 3.97. The summed E-state index contributed by atoms with van der Waals surface area (Å²) in [4.78, 5) is 1.15. The summed E-state index contributed by atoms with van der Waals surface area (Å²) in [6.45, 7) is 1.80. The van der Waals surface area contributed by atoms with Crippen molar-refractivity contribution in [2.24, 2.45) is 5.16 Å². The Morgan fingerprint density at radius 2 is 1.89 bits per heavy atom. The van der Waals surface area contributed by atoms with Crippen LogP contribution in [0, 0.1) is 0 Å². The molecule has 1 heterocycles. The van der Waals surface area contributed by atoms with Gasteiger partial charge in [-0.2, -0.15) is 0 Å². The molecule has 0 aliphatic carbocycles. The summed E-state index contributed by atoms with van der Waals surface area (Å²) in [5.41, 5.74) is 0.695. The van der Waals surface area contributed by atoms with Crippen LogP contribution in [-0.2, 0) is 6.42 Å². The van der Waals surface area contributed by atoms with Crippen LogP contribution in [0.2, 0.25) is 0 Å². The molecule has 18 heavy (non-hydrogen) atoms. The predicted molar refractivity (Wildman–Crippen MR) is 73.5 cm³/mol. The van der Waals surface area contributed by atoms with Gasteiger partial charge in [0.25, 0.3) is 0 Å². The third kappa shape index (κ3) is 2.41. The molecule has 0 radical (unpaired) electrons. The van der Waals surface area contributed by atoms with Gasteiger partial charge < -0.3 is 14.7 Å². The van der Waals surface area contributed by atoms with Crippen LogP contribution in [0.3, 0.4) is 0 Å². The van der Waals surface area contributed by atoms with Crippen molar-refractivity contribution in [1.82, 2.24) is 0 Å². The smallest absolute Gasteiger partial charge is 0.162 e. The number of oxime groups is 1. The first kappa shape index (κ1) is 12.7. The van der Waals surface area contributed by atoms with E-state index in [-0.39, 0.29) is 0 Å². The van der Waals surface area contributed by atoms with E-state index >= 15 is 0 Å². The molecule has 0 amide bonds. The molecule has 1 aromatic carbocycles. The molecule has 0 bridgehead atoms. The Kier molecular flexibility index (Phi) is 3.72. The molecule has 0 aliphatic rings. The van der Waals surface area contributed by atoms with E-state index in [1.54, 1.807) is 32.5 Å². The number of benzene rings is 1. The van der Waals surface area contributed by atoms with Crippen LogP contribution in [0.25, 0.3) is 10.1 Å². The molecule has 0 saturated carbocycles. The van der Waals surface area contributed by atoms with Crippen LogP contribution < -0.4 is 9.47 Å². The first-order chi connectivity index (χ1) is 8.67. The van der Waals surface area contributed by atoms with Crippen LogP contribution >= 0.6 is 11.3 Å². The molecule has 0 atom stereocenters. The minimum atomic E-state index is 0.653. The molecule has 2 aromatic rings. The van der Waals surface area contributed by atoms with Crippen LogP contribution in [0.5, 0.6) is 11.5 Å². The van der Waals surface area contributed by atoms with E-state index in [2.05, 4.69) is 11.2 Å². The average Bonchev–Trinajstić information content (AvgIpc) is 2.77. The monoisotopic (exact) mass is 265 g/mol. The Balaban J connectivity index is 2.44. The fraction of sp³-hybridized carbons (Fsp3) is 0.308. The van der Waals surface area contributed by atoms with Crippen molar-refractivity contribution < 1.29 is 14.7 Å². The molecule has 5 heteroatoms. The Bertz CT molecular complexity index is 548. The van der Waals surface area contributed by atoms with Gasteiger partial charge >= 0.3 is 0 Å². The lowest BCUT2D eigenvalue weighted by molar-refractivity contribution is 0.318. The number of hydrogen-bond donors (Lipinski definition) is 1. The molecule has 2 rings (SSSR count). The van der Waals surface area contributed by atoms with Gasteiger partial charge in [-0.3, -0.25) is 0 Å². The Hall–Kier alpha value is -1.75. The zero-order chi connectivity index (χ0) is 13.1. The second-order valence-corrected chi connectivity index (χ2v) is 5.14. The van der Waals surface area contributed by atoms with Gasteiger partial charge in [0.05, 0.1) is 19.9 Å². The van der Waals surface area contributed by atoms with E-state index in [0.29, 0.717) is 12.1 Å². The standard InChI is InChI=1S/C13H15NO3S/c1-8(14-15)4-10-5-9-6-11(16-2)12(17-3)7-13(9)18-10/h5-7,15H,4H2,1-3H3. The summed E-state index contributed by atoms with van der Waals surface area (Å²) in [6.07, 6.45) is 0.653. The van der Waals surface area contributed by atoms with Crippen LogP contribution in [0.15, 0.2) is 23.4 Å². The number of rotatable bonds is 4. The highest BCUT2D eigenvalue weighted by Crippen LogP contribution is 2.36. The molecule has 0 unspecified atom stereocenters. The summed E-state index contributed by atoms with van der Waals surface area (Å²) in [5, 5.41) is 13.0. The zero-order valence-corrected chi connectivity index (χ0v) is 11.4. The third-order valence-electron chi connectivity index (χ3n) is 2.67. The van der Waals surface area contributed by atoms with Crippen molar-refractivity contribution in [2.75, 3.05) is 14.2 Å². The lowest BCUT2D eigenvalue weighted by Crippen LogP contribution is -1.94. The number of methoxy groups -OCH3 is 2. The molecule has 0 aliphatic heterocycles. The molecule has 1 aromatic heterocycles. The van der Waals surface area contributed by atoms with Gasteiger partial charge in [0.15, 0.2) is 11.5 Å². The molecular weight excluding hydrogens is 250 g/mol. The summed E-state index contributed by atoms with van der Waals surface area (Å²) in [5.74, 6) is 1.45. The summed E-state index contributed by atoms with van der Waals surface area (Å²) in [6, 6.07) is 6.00. The highest BCUT2D eigenvalue weighted by Gasteiger charge is 2.09. The summed E-state index contributed by atoms with van der Waals surface area (Å²) >= 11 is 1.66. The maximum atomic E-state index is 8.69. The number of fused-ring (bicyclic) bond motifs is 1. The molecular formula is C13H15NO3S. The lowest BCUT2D eigenvalue weighted by Gasteiger charge is -2.06. The Morgan fingerprint density at radius 1 is 1.22 bits per heavy atom. The van der Waals surface area contributed by atoms with Crippen molar-refractivity contribution in [3.63, 3.8) is 0 Å². The summed E-state index contributed by atoms with van der Waals surface area (Å²) in [7, 11) is 3.25. The molecule has 0 saturated heterocycles. The SMILES string of the molecule is COc1cc2cc(CC(C)=NO)sc2cc1OC. The highest BCUT2D eigenvalue weighted by atomic mass is 32.1. The quantitative estimate of drug-likeness (QED) is 0.524. The Morgan fingerprint density at radius 3 is 2.50 bits per heavy atom. The first-order valence-electron chi connectivity index (χ1n) is 5.50. The largest absolute Gasteiger partial charge is 0.493 e. The minimum Gasteiger partial charge on any atom is -0.493 e. The maximum absolute atomic E-state index is 8.69. The van der Waals surface area contributed by atoms with E-state index in [4.69, 9.17) is 14.7 Å². The van der Waals surface area contributed by atoms with E-state index in [1.165, 1.54) is 0 Å². The zero-order valence-electron chi connectivity index (χ0n) is 10.6. The second kappa shape index (κ2) is 5.27. The van der Waals surface area contributed by atoms with E-state index in [0.717, 1.165) is 26.5 Å². The van der Waals surface area contributed by atoms with E-state index in [9.17, 15) is 0 Å². The lowest BCUT2D eigenvalue weighted by atomic mass is 10.2. The van der Waals surface area contributed by atoms with Crippen LogP contribution in [-0.4, -0.2) is 25.1 Å². The van der Waals surface area contributed by atoms with Crippen LogP contribution in [0.1, 0.15) is 11.8 Å². The van der Waals surface area contributed by atoms with Gasteiger partial charge in [-0.1, -0.05) is 5.16 Å². The molecule has 96 valence electrons. The number of ether oxygens (including phenoxy) is 2. The minimum absolute atomic E-state index is 0.653. The third-order valence-corrected chi connectivity index (χ3v) is 3.77. The number of nitrogens with zero attached hydrogens (tertiary/aromatic N) is 1. The van der Waals surface area contributed by atoms with Crippen molar-refractivity contribution >= 4 is 27.1 Å². The molecule has 1 N–H and O–H groups in total. The Labute approximate surface area is 109 Å². The van der Waals surface area contributed by atoms with Gasteiger partial charge in [0, 0.05) is 22.1 Å². The summed E-state index contributed by atoms with van der Waals surface area (Å²) < 4.78 is 11.7. The fourth-order valence-corrected chi connectivity index (χ4v) is 2.95. The number of hydrogen-bond acceptors (Lipinski definition) is 5. The fourth-order valence-electron chi connectivity index (χ4n) is 1.80. The van der Waals surface area contributed by atoms with Gasteiger partial charge in [-0.25, -0.2) is 0 Å². The first-order valence-corrected chi connectivity index (χ1v) is 6.31. The van der Waals surface area contributed by atoms with E-state index in [1.807, 2.05) is 12.1 Å². The van der Waals surface area contributed by atoms with Gasteiger partial charge in [0.1, 0.15) is 0 Å². The van der Waals surface area contributed by atoms with Crippen molar-refractivity contribution in [3.05, 3.63) is 23.1 Å². The highest BCUT2D eigenvalue weighted by molar-refractivity contribution is 7.19. The van der Waals surface area contributed by atoms with Gasteiger partial charge in [-0.15, -0.1) is 11.3 Å². The van der Waals surface area contributed by atoms with Gasteiger partial charge in [-0.05, 0) is 24.4 Å². The van der Waals surface area contributed by atoms with Crippen molar-refractivity contribution in [1.29, 1.82) is 0 Å².